The first-order chi connectivity index (χ1) is 17.1. The predicted molar refractivity (Wildman–Crippen MR) is 143 cm³/mol. The third-order valence-corrected chi connectivity index (χ3v) is 7.81. The van der Waals surface area contributed by atoms with E-state index in [1.54, 1.807) is 0 Å². The molecule has 0 fully saturated rings. The second-order valence-corrected chi connectivity index (χ2v) is 10.0. The van der Waals surface area contributed by atoms with Gasteiger partial charge in [-0.25, -0.2) is 0 Å². The first kappa shape index (κ1) is 19.0. The first-order valence-corrected chi connectivity index (χ1v) is 12.1. The standard InChI is InChI=1S/C32H22N2O/c1-32(2)24-18-17-22-21-11-5-7-13-26(21)34(31-33-25-12-6-8-14-27(25)35-31)30(22)28(24)23-16-15-19-9-3-4-10-20(19)29(23)32/h3-18H,1-2H3. The van der Waals surface area contributed by atoms with Crippen LogP contribution in [-0.4, -0.2) is 9.55 Å². The predicted octanol–water partition coefficient (Wildman–Crippen LogP) is 8.38. The monoisotopic (exact) mass is 450 g/mol. The molecule has 166 valence electrons. The fraction of sp³-hybridized carbons (Fsp3) is 0.0938. The lowest BCUT2D eigenvalue weighted by Crippen LogP contribution is -2.15. The summed E-state index contributed by atoms with van der Waals surface area (Å²) >= 11 is 0. The first-order valence-electron chi connectivity index (χ1n) is 12.1. The van der Waals surface area contributed by atoms with Gasteiger partial charge in [0, 0.05) is 21.8 Å². The quantitative estimate of drug-likeness (QED) is 0.251. The minimum atomic E-state index is -0.123. The number of nitrogens with zero attached hydrogens (tertiary/aromatic N) is 2. The van der Waals surface area contributed by atoms with Crippen LogP contribution in [0.3, 0.4) is 0 Å². The molecule has 0 spiro atoms. The summed E-state index contributed by atoms with van der Waals surface area (Å²) < 4.78 is 8.58. The summed E-state index contributed by atoms with van der Waals surface area (Å²) in [5, 5.41) is 5.03. The number of hydrogen-bond donors (Lipinski definition) is 0. The molecule has 7 aromatic rings. The number of para-hydroxylation sites is 3. The molecule has 35 heavy (non-hydrogen) atoms. The molecule has 0 saturated carbocycles. The Labute approximate surface area is 202 Å². The van der Waals surface area contributed by atoms with Crippen molar-refractivity contribution in [2.45, 2.75) is 19.3 Å². The van der Waals surface area contributed by atoms with Crippen LogP contribution in [0.5, 0.6) is 0 Å². The van der Waals surface area contributed by atoms with E-state index in [2.05, 4.69) is 91.2 Å². The molecule has 0 unspecified atom stereocenters. The Morgan fingerprint density at radius 2 is 1.49 bits per heavy atom. The fourth-order valence-electron chi connectivity index (χ4n) is 6.29. The van der Waals surface area contributed by atoms with Gasteiger partial charge < -0.3 is 4.42 Å². The van der Waals surface area contributed by atoms with Crippen LogP contribution in [0.15, 0.2) is 101 Å². The number of oxazole rings is 1. The van der Waals surface area contributed by atoms with E-state index in [1.807, 2.05) is 24.3 Å². The maximum absolute atomic E-state index is 6.35. The number of aromatic nitrogens is 2. The van der Waals surface area contributed by atoms with Crippen molar-refractivity contribution in [1.82, 2.24) is 9.55 Å². The molecule has 0 amide bonds. The molecule has 0 N–H and O–H groups in total. The Hall–Kier alpha value is -4.37. The Morgan fingerprint density at radius 3 is 2.37 bits per heavy atom. The molecule has 0 atom stereocenters. The van der Waals surface area contributed by atoms with E-state index < -0.39 is 0 Å². The summed E-state index contributed by atoms with van der Waals surface area (Å²) in [6.45, 7) is 4.70. The highest BCUT2D eigenvalue weighted by Crippen LogP contribution is 2.54. The SMILES string of the molecule is CC1(C)c2ccc3c4ccccc4n(-c4nc5ccccc5o4)c3c2-c2ccc3ccccc3c21. The molecule has 3 heteroatoms. The number of hydrogen-bond acceptors (Lipinski definition) is 2. The Balaban J connectivity index is 1.59. The largest absolute Gasteiger partial charge is 0.423 e. The highest BCUT2D eigenvalue weighted by atomic mass is 16.4. The zero-order valence-electron chi connectivity index (χ0n) is 19.5. The maximum atomic E-state index is 6.35. The molecule has 1 aliphatic carbocycles. The van der Waals surface area contributed by atoms with Crippen molar-refractivity contribution in [3.63, 3.8) is 0 Å². The van der Waals surface area contributed by atoms with Crippen LogP contribution in [-0.2, 0) is 5.41 Å². The zero-order chi connectivity index (χ0) is 23.3. The summed E-state index contributed by atoms with van der Waals surface area (Å²) in [6, 6.07) is 35.1. The van der Waals surface area contributed by atoms with Crippen LogP contribution in [0, 0.1) is 0 Å². The van der Waals surface area contributed by atoms with Gasteiger partial charge in [0.25, 0.3) is 0 Å². The molecule has 0 saturated heterocycles. The van der Waals surface area contributed by atoms with Gasteiger partial charge in [-0.2, -0.15) is 4.98 Å². The number of rotatable bonds is 1. The summed E-state index contributed by atoms with van der Waals surface area (Å²) in [5.74, 6) is 0. The van der Waals surface area contributed by atoms with Crippen LogP contribution in [0.4, 0.5) is 0 Å². The van der Waals surface area contributed by atoms with Crippen molar-refractivity contribution in [2.24, 2.45) is 0 Å². The fourth-order valence-corrected chi connectivity index (χ4v) is 6.29. The molecule has 1 aliphatic rings. The topological polar surface area (TPSA) is 31.0 Å². The van der Waals surface area contributed by atoms with E-state index in [4.69, 9.17) is 9.40 Å². The summed E-state index contributed by atoms with van der Waals surface area (Å²) in [7, 11) is 0. The van der Waals surface area contributed by atoms with Gasteiger partial charge in [-0.05, 0) is 45.7 Å². The Kier molecular flexibility index (Phi) is 3.47. The van der Waals surface area contributed by atoms with Gasteiger partial charge >= 0.3 is 6.01 Å². The normalized spacial score (nSPS) is 14.2. The smallest absolute Gasteiger partial charge is 0.307 e. The average Bonchev–Trinajstić information content (AvgIpc) is 3.52. The molecule has 2 aromatic heterocycles. The van der Waals surface area contributed by atoms with Crippen molar-refractivity contribution >= 4 is 43.7 Å². The highest BCUT2D eigenvalue weighted by Gasteiger charge is 2.39. The summed E-state index contributed by atoms with van der Waals surface area (Å²) in [6.07, 6.45) is 0. The van der Waals surface area contributed by atoms with Gasteiger partial charge in [0.15, 0.2) is 5.58 Å². The van der Waals surface area contributed by atoms with Gasteiger partial charge in [-0.15, -0.1) is 0 Å². The van der Waals surface area contributed by atoms with Gasteiger partial charge in [0.2, 0.25) is 0 Å². The van der Waals surface area contributed by atoms with E-state index in [-0.39, 0.29) is 5.41 Å². The van der Waals surface area contributed by atoms with Crippen molar-refractivity contribution in [2.75, 3.05) is 0 Å². The van der Waals surface area contributed by atoms with Gasteiger partial charge in [0.05, 0.1) is 11.0 Å². The second kappa shape index (κ2) is 6.39. The van der Waals surface area contributed by atoms with Crippen LogP contribution >= 0.6 is 0 Å². The van der Waals surface area contributed by atoms with Gasteiger partial charge in [-0.3, -0.25) is 4.57 Å². The van der Waals surface area contributed by atoms with E-state index in [0.717, 1.165) is 22.1 Å². The molecule has 0 bridgehead atoms. The van der Waals surface area contributed by atoms with Crippen LogP contribution in [0.25, 0.3) is 60.8 Å². The number of fused-ring (bicyclic) bond motifs is 10. The molecule has 3 nitrogen and oxygen atoms in total. The second-order valence-electron chi connectivity index (χ2n) is 10.0. The average molecular weight is 451 g/mol. The van der Waals surface area contributed by atoms with Crippen LogP contribution in [0.2, 0.25) is 0 Å². The van der Waals surface area contributed by atoms with E-state index in [1.165, 1.54) is 43.8 Å². The molecule has 0 aliphatic heterocycles. The van der Waals surface area contributed by atoms with Crippen molar-refractivity contribution < 1.29 is 4.42 Å². The Bertz CT molecular complexity index is 1950. The maximum Gasteiger partial charge on any atom is 0.307 e. The van der Waals surface area contributed by atoms with Gasteiger partial charge in [0.1, 0.15) is 5.52 Å². The van der Waals surface area contributed by atoms with Crippen molar-refractivity contribution in [3.05, 3.63) is 108 Å². The van der Waals surface area contributed by atoms with Crippen molar-refractivity contribution in [1.29, 1.82) is 0 Å². The van der Waals surface area contributed by atoms with E-state index in [9.17, 15) is 0 Å². The minimum Gasteiger partial charge on any atom is -0.423 e. The number of benzene rings is 5. The van der Waals surface area contributed by atoms with Gasteiger partial charge in [-0.1, -0.05) is 92.7 Å². The zero-order valence-corrected chi connectivity index (χ0v) is 19.5. The lowest BCUT2D eigenvalue weighted by molar-refractivity contribution is 0.574. The van der Waals surface area contributed by atoms with E-state index in [0.29, 0.717) is 6.01 Å². The lowest BCUT2D eigenvalue weighted by atomic mass is 9.80. The Morgan fingerprint density at radius 1 is 0.714 bits per heavy atom. The molecule has 8 rings (SSSR count). The highest BCUT2D eigenvalue weighted by molar-refractivity contribution is 6.16. The van der Waals surface area contributed by atoms with Crippen LogP contribution < -0.4 is 0 Å². The third-order valence-electron chi connectivity index (χ3n) is 7.81. The summed E-state index contributed by atoms with van der Waals surface area (Å²) in [4.78, 5) is 4.92. The molecule has 2 heterocycles. The third kappa shape index (κ3) is 2.33. The molecular weight excluding hydrogens is 428 g/mol. The summed E-state index contributed by atoms with van der Waals surface area (Å²) in [5.41, 5.74) is 9.14. The van der Waals surface area contributed by atoms with Crippen LogP contribution in [0.1, 0.15) is 25.0 Å². The lowest BCUT2D eigenvalue weighted by Gasteiger charge is -2.23. The molecule has 0 radical (unpaired) electrons. The molecular formula is C32H22N2O. The van der Waals surface area contributed by atoms with Crippen molar-refractivity contribution in [3.8, 4) is 17.1 Å². The molecule has 5 aromatic carbocycles. The van der Waals surface area contributed by atoms with E-state index >= 15 is 0 Å². The minimum absolute atomic E-state index is 0.123.